The largest absolute Gasteiger partial charge is 0.464 e. The van der Waals surface area contributed by atoms with Crippen molar-refractivity contribution < 1.29 is 26.4 Å². The van der Waals surface area contributed by atoms with Crippen LogP contribution < -0.4 is 0 Å². The monoisotopic (exact) mass is 528 g/mol. The summed E-state index contributed by atoms with van der Waals surface area (Å²) in [7, 11) is -3.88. The van der Waals surface area contributed by atoms with Crippen LogP contribution >= 0.6 is 0 Å². The third kappa shape index (κ3) is 4.56. The second-order valence-electron chi connectivity index (χ2n) is 10.8. The fourth-order valence-electron chi connectivity index (χ4n) is 6.01. The lowest BCUT2D eigenvalue weighted by Crippen LogP contribution is -2.53. The fraction of sp³-hybridized carbons (Fsp3) is 0.464. The number of amides is 1. The van der Waals surface area contributed by atoms with Gasteiger partial charge in [0, 0.05) is 37.4 Å². The molecule has 0 spiro atoms. The van der Waals surface area contributed by atoms with Crippen molar-refractivity contribution in [3.8, 4) is 0 Å². The lowest BCUT2D eigenvalue weighted by molar-refractivity contribution is -0.141. The van der Waals surface area contributed by atoms with Crippen LogP contribution in [-0.2, 0) is 21.4 Å². The highest BCUT2D eigenvalue weighted by Gasteiger charge is 2.60. The van der Waals surface area contributed by atoms with Crippen molar-refractivity contribution in [1.29, 1.82) is 0 Å². The van der Waals surface area contributed by atoms with Crippen molar-refractivity contribution in [1.82, 2.24) is 9.21 Å². The maximum absolute atomic E-state index is 14.2. The van der Waals surface area contributed by atoms with E-state index in [1.807, 2.05) is 31.2 Å². The molecule has 6 nitrogen and oxygen atoms in total. The van der Waals surface area contributed by atoms with Crippen molar-refractivity contribution in [3.05, 3.63) is 65.9 Å². The van der Waals surface area contributed by atoms with E-state index in [1.165, 1.54) is 4.31 Å². The Morgan fingerprint density at radius 2 is 1.84 bits per heavy atom. The molecule has 0 N–H and O–H groups in total. The smallest absolute Gasteiger partial charge is 0.248 e. The van der Waals surface area contributed by atoms with Gasteiger partial charge in [-0.3, -0.25) is 4.79 Å². The van der Waals surface area contributed by atoms with Crippen LogP contribution in [0.1, 0.15) is 43.2 Å². The summed E-state index contributed by atoms with van der Waals surface area (Å²) in [4.78, 5) is 16.1. The van der Waals surface area contributed by atoms with Crippen LogP contribution in [0.15, 0.2) is 64.1 Å². The molecule has 9 heteroatoms. The number of fused-ring (bicyclic) bond motifs is 2. The molecule has 0 radical (unpaired) electrons. The van der Waals surface area contributed by atoms with Crippen LogP contribution in [-0.4, -0.2) is 48.1 Å². The predicted molar refractivity (Wildman–Crippen MR) is 134 cm³/mol. The van der Waals surface area contributed by atoms with E-state index in [0.29, 0.717) is 12.1 Å². The van der Waals surface area contributed by atoms with E-state index in [4.69, 9.17) is 4.42 Å². The quantitative estimate of drug-likeness (QED) is 0.432. The van der Waals surface area contributed by atoms with Crippen LogP contribution in [0, 0.1) is 18.8 Å². The van der Waals surface area contributed by atoms with Gasteiger partial charge in [-0.25, -0.2) is 17.2 Å². The van der Waals surface area contributed by atoms with Gasteiger partial charge in [0.1, 0.15) is 11.6 Å². The highest BCUT2D eigenvalue weighted by molar-refractivity contribution is 7.89. The Labute approximate surface area is 215 Å². The normalized spacial score (nSPS) is 25.8. The van der Waals surface area contributed by atoms with Gasteiger partial charge in [0.2, 0.25) is 21.9 Å². The number of piperidine rings is 1. The van der Waals surface area contributed by atoms with Crippen LogP contribution in [0.4, 0.5) is 8.78 Å². The van der Waals surface area contributed by atoms with Crippen molar-refractivity contribution >= 4 is 26.9 Å². The minimum absolute atomic E-state index is 0.0344. The van der Waals surface area contributed by atoms with Gasteiger partial charge in [-0.15, -0.1) is 0 Å². The second-order valence-corrected chi connectivity index (χ2v) is 12.7. The molecule has 0 unspecified atom stereocenters. The Morgan fingerprint density at radius 1 is 1.11 bits per heavy atom. The molecule has 1 amide bonds. The van der Waals surface area contributed by atoms with Gasteiger partial charge in [-0.05, 0) is 67.9 Å². The van der Waals surface area contributed by atoms with E-state index in [9.17, 15) is 22.0 Å². The van der Waals surface area contributed by atoms with Gasteiger partial charge in [-0.2, -0.15) is 4.31 Å². The molecular formula is C28H30F2N2O4S. The zero-order valence-electron chi connectivity index (χ0n) is 20.6. The molecule has 2 saturated carbocycles. The van der Waals surface area contributed by atoms with Crippen LogP contribution in [0.2, 0.25) is 0 Å². The predicted octanol–water partition coefficient (Wildman–Crippen LogP) is 5.36. The first-order valence-electron chi connectivity index (χ1n) is 12.9. The summed E-state index contributed by atoms with van der Waals surface area (Å²) in [6, 6.07) is 13.0. The summed E-state index contributed by atoms with van der Waals surface area (Å²) >= 11 is 0. The molecule has 3 aromatic rings. The number of carbonyl (C=O) groups is 1. The lowest BCUT2D eigenvalue weighted by atomic mass is 9.90. The topological polar surface area (TPSA) is 70.8 Å². The average molecular weight is 529 g/mol. The molecule has 2 heterocycles. The summed E-state index contributed by atoms with van der Waals surface area (Å²) < 4.78 is 62.2. The number of halogens is 2. The number of carbonyl (C=O) groups excluding carboxylic acids is 1. The van der Waals surface area contributed by atoms with E-state index in [2.05, 4.69) is 0 Å². The summed E-state index contributed by atoms with van der Waals surface area (Å²) in [5.74, 6) is -2.89. The van der Waals surface area contributed by atoms with Crippen molar-refractivity contribution in [2.75, 3.05) is 6.54 Å². The SMILES string of the molecule is Cc1ccc(S(=O)(=O)N2C[C@@H]3C[C@@H]3[C@H]2C(=O)N(Cc2ccc3ccoc3c2)C2CCC(F)(F)CC2)cc1. The Balaban J connectivity index is 1.32. The van der Waals surface area contributed by atoms with Gasteiger partial charge in [0.05, 0.1) is 11.2 Å². The highest BCUT2D eigenvalue weighted by Crippen LogP contribution is 2.52. The van der Waals surface area contributed by atoms with E-state index in [0.717, 1.165) is 22.9 Å². The number of sulfonamides is 1. The first-order chi connectivity index (χ1) is 17.6. The average Bonchev–Trinajstić information content (AvgIpc) is 3.29. The lowest BCUT2D eigenvalue weighted by Gasteiger charge is -2.39. The van der Waals surface area contributed by atoms with E-state index in [1.54, 1.807) is 35.4 Å². The van der Waals surface area contributed by atoms with E-state index < -0.39 is 22.0 Å². The van der Waals surface area contributed by atoms with E-state index >= 15 is 0 Å². The molecular weight excluding hydrogens is 498 g/mol. The van der Waals surface area contributed by atoms with Gasteiger partial charge in [0.15, 0.2) is 0 Å². The minimum atomic E-state index is -3.88. The van der Waals surface area contributed by atoms with Gasteiger partial charge < -0.3 is 9.32 Å². The minimum Gasteiger partial charge on any atom is -0.464 e. The Morgan fingerprint density at radius 3 is 2.57 bits per heavy atom. The number of nitrogens with zero attached hydrogens (tertiary/aromatic N) is 2. The summed E-state index contributed by atoms with van der Waals surface area (Å²) in [6.07, 6.45) is 2.23. The van der Waals surface area contributed by atoms with Gasteiger partial charge in [0.25, 0.3) is 0 Å². The third-order valence-corrected chi connectivity index (χ3v) is 10.1. The summed E-state index contributed by atoms with van der Waals surface area (Å²) in [5.41, 5.74) is 2.46. The number of hydrogen-bond acceptors (Lipinski definition) is 4. The van der Waals surface area contributed by atoms with Crippen LogP contribution in [0.5, 0.6) is 0 Å². The molecule has 37 heavy (non-hydrogen) atoms. The maximum Gasteiger partial charge on any atom is 0.248 e. The first kappa shape index (κ1) is 24.6. The number of rotatable bonds is 6. The molecule has 1 saturated heterocycles. The molecule has 3 aliphatic rings. The number of alkyl halides is 2. The molecule has 3 atom stereocenters. The van der Waals surface area contributed by atoms with Crippen molar-refractivity contribution in [2.24, 2.45) is 11.8 Å². The zero-order chi connectivity index (χ0) is 25.9. The number of hydrogen-bond donors (Lipinski definition) is 0. The summed E-state index contributed by atoms with van der Waals surface area (Å²) in [6.45, 7) is 2.42. The maximum atomic E-state index is 14.2. The molecule has 1 aliphatic heterocycles. The van der Waals surface area contributed by atoms with Gasteiger partial charge in [-0.1, -0.05) is 29.8 Å². The number of furan rings is 1. The van der Waals surface area contributed by atoms with Crippen LogP contribution in [0.25, 0.3) is 11.0 Å². The highest BCUT2D eigenvalue weighted by atomic mass is 32.2. The molecule has 1 aromatic heterocycles. The fourth-order valence-corrected chi connectivity index (χ4v) is 7.70. The zero-order valence-corrected chi connectivity index (χ0v) is 21.5. The Kier molecular flexibility index (Phi) is 5.91. The molecule has 3 fully saturated rings. The second kappa shape index (κ2) is 8.91. The molecule has 6 rings (SSSR count). The molecule has 2 aliphatic carbocycles. The van der Waals surface area contributed by atoms with Crippen molar-refractivity contribution in [2.45, 2.75) is 68.5 Å². The Bertz CT molecular complexity index is 1430. The summed E-state index contributed by atoms with van der Waals surface area (Å²) in [5, 5.41) is 0.936. The molecule has 0 bridgehead atoms. The van der Waals surface area contributed by atoms with E-state index in [-0.39, 0.29) is 60.9 Å². The number of benzene rings is 2. The molecule has 196 valence electrons. The van der Waals surface area contributed by atoms with Gasteiger partial charge >= 0.3 is 0 Å². The molecule has 2 aromatic carbocycles. The van der Waals surface area contributed by atoms with Crippen LogP contribution in [0.3, 0.4) is 0 Å². The van der Waals surface area contributed by atoms with Crippen molar-refractivity contribution in [3.63, 3.8) is 0 Å². The first-order valence-corrected chi connectivity index (χ1v) is 14.3. The Hall–Kier alpha value is -2.78. The number of aryl methyl sites for hydroxylation is 1. The third-order valence-electron chi connectivity index (χ3n) is 8.27. The standard InChI is InChI=1S/C28H30F2N2O4S/c1-18-2-6-23(7-3-18)37(34,35)32-17-21-15-24(21)26(32)27(33)31(22-8-11-28(29,30)12-9-22)16-19-4-5-20-10-13-36-25(20)14-19/h2-7,10,13-14,21-22,24,26H,8-9,11-12,15-17H2,1H3/t21-,24-,26-/m0/s1.